The number of allylic oxidation sites excluding steroid dienone is 2. The first-order chi connectivity index (χ1) is 50.3. The molecule has 0 amide bonds. The number of hydrogen-bond donors (Lipinski definition) is 15. The molecule has 15 N–H and O–H groups in total. The van der Waals surface area contributed by atoms with Gasteiger partial charge < -0.3 is 129 Å². The van der Waals surface area contributed by atoms with E-state index in [9.17, 15) is 81.4 Å². The first-order valence-corrected chi connectivity index (χ1v) is 39.5. The van der Waals surface area contributed by atoms with Gasteiger partial charge in [-0.3, -0.25) is 9.59 Å². The zero-order valence-electron chi connectivity index (χ0n) is 63.7. The van der Waals surface area contributed by atoms with Crippen LogP contribution in [0.4, 0.5) is 0 Å². The molecular formula is C79H122O28. The van der Waals surface area contributed by atoms with Crippen LogP contribution in [0.15, 0.2) is 29.8 Å². The van der Waals surface area contributed by atoms with E-state index in [1.54, 1.807) is 6.92 Å². The quantitative estimate of drug-likeness (QED) is 0.0767. The third-order valence-electron chi connectivity index (χ3n) is 29.9. The van der Waals surface area contributed by atoms with Gasteiger partial charge in [-0.25, -0.2) is 0 Å². The van der Waals surface area contributed by atoms with Gasteiger partial charge in [-0.05, 0) is 196 Å². The summed E-state index contributed by atoms with van der Waals surface area (Å²) in [6.45, 7) is 21.4. The molecule has 1 aromatic carbocycles. The molecule has 0 spiro atoms. The van der Waals surface area contributed by atoms with Crippen LogP contribution in [-0.2, 0) is 68.1 Å². The van der Waals surface area contributed by atoms with E-state index in [4.69, 9.17) is 52.1 Å². The number of aromatic hydroxyl groups is 1. The van der Waals surface area contributed by atoms with Crippen LogP contribution in [0, 0.1) is 67.5 Å². The predicted molar refractivity (Wildman–Crippen MR) is 375 cm³/mol. The number of benzene rings is 1. The highest BCUT2D eigenvalue weighted by atomic mass is 16.8. The van der Waals surface area contributed by atoms with E-state index in [0.29, 0.717) is 55.6 Å². The Morgan fingerprint density at radius 2 is 1.15 bits per heavy atom. The molecule has 28 nitrogen and oxygen atoms in total. The number of aryl methyl sites for hydroxylation is 1. The van der Waals surface area contributed by atoms with Crippen LogP contribution in [0.3, 0.4) is 0 Å². The number of fused-ring (bicyclic) bond motifs is 12. The van der Waals surface area contributed by atoms with Gasteiger partial charge in [0.1, 0.15) is 109 Å². The maximum Gasteiger partial charge on any atom is 0.317 e. The van der Waals surface area contributed by atoms with Gasteiger partial charge in [-0.1, -0.05) is 80.0 Å². The maximum absolute atomic E-state index is 15.4. The number of aliphatic hydroxyl groups excluding tert-OH is 14. The van der Waals surface area contributed by atoms with Gasteiger partial charge in [0.2, 0.25) is 6.29 Å². The molecule has 5 saturated heterocycles. The summed E-state index contributed by atoms with van der Waals surface area (Å²) in [5, 5.41) is 162. The van der Waals surface area contributed by atoms with Gasteiger partial charge >= 0.3 is 11.9 Å². The molecule has 14 rings (SSSR count). The summed E-state index contributed by atoms with van der Waals surface area (Å²) >= 11 is 0. The number of esters is 2. The van der Waals surface area contributed by atoms with Gasteiger partial charge in [-0.2, -0.15) is 0 Å². The number of aliphatic hydroxyl groups is 14. The average molecular weight is 1520 g/mol. The van der Waals surface area contributed by atoms with Crippen molar-refractivity contribution in [2.45, 2.75) is 344 Å². The normalized spacial score (nSPS) is 51.1. The van der Waals surface area contributed by atoms with Crippen LogP contribution >= 0.6 is 0 Å². The van der Waals surface area contributed by atoms with Crippen LogP contribution in [0.2, 0.25) is 0 Å². The number of carbonyl (C=O) groups is 2. The Bertz CT molecular complexity index is 3340. The van der Waals surface area contributed by atoms with Crippen molar-refractivity contribution in [3.63, 3.8) is 0 Å². The lowest BCUT2D eigenvalue weighted by atomic mass is 9.33. The number of hydrogen-bond acceptors (Lipinski definition) is 28. The number of rotatable bonds is 13. The minimum absolute atomic E-state index is 0.0477. The topological polar surface area (TPSA) is 439 Å². The third-order valence-corrected chi connectivity index (χ3v) is 29.9. The second kappa shape index (κ2) is 30.5. The fourth-order valence-corrected chi connectivity index (χ4v) is 23.4. The lowest BCUT2D eigenvalue weighted by Gasteiger charge is -2.71. The Kier molecular flexibility index (Phi) is 23.3. The molecule has 5 heterocycles. The third kappa shape index (κ3) is 14.0. The molecule has 0 radical (unpaired) electrons. The second-order valence-corrected chi connectivity index (χ2v) is 36.5. The highest BCUT2D eigenvalue weighted by Crippen LogP contribution is 2.76. The minimum Gasteiger partial charge on any atom is -0.508 e. The van der Waals surface area contributed by atoms with E-state index >= 15 is 4.79 Å². The largest absolute Gasteiger partial charge is 0.508 e. The molecule has 6 saturated carbocycles. The molecule has 8 aliphatic carbocycles. The molecule has 13 aliphatic rings. The summed E-state index contributed by atoms with van der Waals surface area (Å²) in [5.41, 5.74) is 0.675. The van der Waals surface area contributed by atoms with Crippen molar-refractivity contribution < 1.29 is 138 Å². The van der Waals surface area contributed by atoms with Crippen molar-refractivity contribution in [3.8, 4) is 5.75 Å². The molecule has 606 valence electrons. The first-order valence-electron chi connectivity index (χ1n) is 39.5. The van der Waals surface area contributed by atoms with E-state index in [0.717, 1.165) is 44.1 Å². The SMILES string of the molecule is CC1OC(OC2CCC3(C)C(CCC4(C)C3CC=C3C5CC(C)(C)CCC5(C(=O)OC5OCC(O)C(O)C5OC5OC(C)C(OC6OC(CO)C(O)C(O)C6O)C(O)C5O)C(O)CC34C)C2(C)C)C(O)C(O)C1OC1OCC(O)C(O)C1O.CCC(=O)OC1CCC2C3CCc4cc(O)ccc4C3CCC12C. The molecule has 107 heavy (non-hydrogen) atoms. The Balaban J connectivity index is 0.000000353. The summed E-state index contributed by atoms with van der Waals surface area (Å²) in [5.74, 6) is 1.32. The molecule has 37 atom stereocenters. The smallest absolute Gasteiger partial charge is 0.317 e. The first kappa shape index (κ1) is 81.8. The lowest BCUT2D eigenvalue weighted by molar-refractivity contribution is -0.374. The molecule has 1 aromatic rings. The van der Waals surface area contributed by atoms with Crippen molar-refractivity contribution in [3.05, 3.63) is 41.0 Å². The number of ether oxygens (including phenoxy) is 11. The molecule has 0 aromatic heterocycles. The van der Waals surface area contributed by atoms with Crippen LogP contribution < -0.4 is 0 Å². The Hall–Kier alpha value is -3.22. The van der Waals surface area contributed by atoms with E-state index in [-0.39, 0.29) is 65.0 Å². The summed E-state index contributed by atoms with van der Waals surface area (Å²) in [4.78, 5) is 27.2. The van der Waals surface area contributed by atoms with E-state index in [2.05, 4.69) is 67.5 Å². The zero-order valence-corrected chi connectivity index (χ0v) is 63.7. The molecule has 37 unspecified atom stereocenters. The van der Waals surface area contributed by atoms with Crippen LogP contribution in [0.25, 0.3) is 0 Å². The van der Waals surface area contributed by atoms with Gasteiger partial charge in [0.15, 0.2) is 31.3 Å². The van der Waals surface area contributed by atoms with Crippen molar-refractivity contribution in [1.29, 1.82) is 0 Å². The van der Waals surface area contributed by atoms with Gasteiger partial charge in [0.05, 0.1) is 44.2 Å². The highest BCUT2D eigenvalue weighted by molar-refractivity contribution is 5.80. The van der Waals surface area contributed by atoms with Crippen LogP contribution in [-0.4, -0.2) is 268 Å². The lowest BCUT2D eigenvalue weighted by Crippen LogP contribution is -2.68. The maximum atomic E-state index is 15.4. The number of phenolic OH excluding ortho intramolecular Hbond substituents is 1. The highest BCUT2D eigenvalue weighted by Gasteiger charge is 2.73. The fourth-order valence-electron chi connectivity index (χ4n) is 23.4. The number of carbonyl (C=O) groups excluding carboxylic acids is 2. The van der Waals surface area contributed by atoms with E-state index < -0.39 is 195 Å². The Morgan fingerprint density at radius 1 is 0.551 bits per heavy atom. The predicted octanol–water partition coefficient (Wildman–Crippen LogP) is 2.66. The van der Waals surface area contributed by atoms with Crippen LogP contribution in [0.1, 0.15) is 190 Å². The van der Waals surface area contributed by atoms with Crippen molar-refractivity contribution in [2.75, 3.05) is 19.8 Å². The average Bonchev–Trinajstić information content (AvgIpc) is 1.07. The van der Waals surface area contributed by atoms with Gasteiger partial charge in [0, 0.05) is 11.8 Å². The van der Waals surface area contributed by atoms with E-state index in [1.807, 2.05) is 19.1 Å². The number of phenols is 1. The van der Waals surface area contributed by atoms with Crippen molar-refractivity contribution >= 4 is 11.9 Å². The second-order valence-electron chi connectivity index (χ2n) is 36.5. The molecular weight excluding hydrogens is 1400 g/mol. The van der Waals surface area contributed by atoms with Crippen molar-refractivity contribution in [2.24, 2.45) is 67.5 Å². The summed E-state index contributed by atoms with van der Waals surface area (Å²) in [6, 6.07) is 5.95. The summed E-state index contributed by atoms with van der Waals surface area (Å²) in [7, 11) is 0. The zero-order chi connectivity index (χ0) is 77.5. The summed E-state index contributed by atoms with van der Waals surface area (Å²) in [6.07, 6.45) is -21.9. The van der Waals surface area contributed by atoms with Crippen LogP contribution in [0.5, 0.6) is 5.75 Å². The molecule has 5 aliphatic heterocycles. The Labute approximate surface area is 626 Å². The Morgan fingerprint density at radius 3 is 1.81 bits per heavy atom. The molecule has 28 heteroatoms. The standard InChI is InChI=1S/C58H94O25.C21H28O3/c1-23-44(80-47-40(69)34(63)27(60)21-74-47)38(67)42(71)48(76-23)79-33-13-14-55(7)30(54(33,5)6)12-15-56(8)31(55)11-10-25-26-18-53(3,4)16-17-58(26,32(62)19-57(25,56)9)52(73)83-51-46(35(64)28(61)22-75-51)82-49-43(72)39(68)45(24(2)77-49)81-50-41(70)37(66)36(65)29(20-59)78-50;1-3-20(23)24-19-9-8-18-17-6-4-13-12-14(22)5-7-15(13)16(17)10-11-21(18,19)2/h10,23-24,26-51,59-72H,11-22H2,1-9H3;5,7,12,16-19,22H,3-4,6,8-11H2,1-2H3. The minimum atomic E-state index is -1.93. The van der Waals surface area contributed by atoms with Gasteiger partial charge in [-0.15, -0.1) is 0 Å². The van der Waals surface area contributed by atoms with Crippen molar-refractivity contribution in [1.82, 2.24) is 0 Å². The summed E-state index contributed by atoms with van der Waals surface area (Å²) < 4.78 is 65.4. The molecule has 11 fully saturated rings. The molecule has 0 bridgehead atoms. The van der Waals surface area contributed by atoms with E-state index in [1.165, 1.54) is 37.3 Å². The monoisotopic (exact) mass is 1520 g/mol. The fraction of sp³-hybridized carbons (Fsp3) is 0.873. The van der Waals surface area contributed by atoms with Gasteiger partial charge in [0.25, 0.3) is 0 Å².